The summed E-state index contributed by atoms with van der Waals surface area (Å²) in [6, 6.07) is 1.70. The Morgan fingerprint density at radius 3 is 2.14 bits per heavy atom. The van der Waals surface area contributed by atoms with Gasteiger partial charge in [-0.15, -0.1) is 0 Å². The molecule has 0 aromatic rings. The Hall–Kier alpha value is -0.0400. The summed E-state index contributed by atoms with van der Waals surface area (Å²) in [5.41, 5.74) is 0. The summed E-state index contributed by atoms with van der Waals surface area (Å²) in [6.07, 6.45) is 10.0. The lowest BCUT2D eigenvalue weighted by atomic mass is 9.79. The molecule has 1 N–H and O–H groups in total. The van der Waals surface area contributed by atoms with Crippen molar-refractivity contribution in [3.63, 3.8) is 0 Å². The van der Waals surface area contributed by atoms with E-state index in [1.54, 1.807) is 0 Å². The molecule has 0 aromatic heterocycles. The number of rotatable bonds is 2. The van der Waals surface area contributed by atoms with Gasteiger partial charge in [0, 0.05) is 12.1 Å². The van der Waals surface area contributed by atoms with Gasteiger partial charge in [0.05, 0.1) is 0 Å². The normalized spacial score (nSPS) is 40.3. The molecular formula is C13H25N. The van der Waals surface area contributed by atoms with Gasteiger partial charge in [0.1, 0.15) is 0 Å². The fraction of sp³-hybridized carbons (Fsp3) is 1.00. The van der Waals surface area contributed by atoms with Gasteiger partial charge in [0.25, 0.3) is 0 Å². The van der Waals surface area contributed by atoms with Gasteiger partial charge in [0.15, 0.2) is 0 Å². The zero-order valence-corrected chi connectivity index (χ0v) is 9.76. The lowest BCUT2D eigenvalue weighted by Crippen LogP contribution is -2.41. The molecule has 0 saturated heterocycles. The molecule has 1 heteroatoms. The molecule has 0 heterocycles. The van der Waals surface area contributed by atoms with E-state index in [4.69, 9.17) is 0 Å². The summed E-state index contributed by atoms with van der Waals surface area (Å²) >= 11 is 0. The van der Waals surface area contributed by atoms with Crippen LogP contribution in [-0.4, -0.2) is 12.1 Å². The second kappa shape index (κ2) is 4.65. The first kappa shape index (κ1) is 10.5. The quantitative estimate of drug-likeness (QED) is 0.712. The molecule has 3 atom stereocenters. The van der Waals surface area contributed by atoms with Gasteiger partial charge in [-0.25, -0.2) is 0 Å². The molecule has 0 aromatic carbocycles. The average molecular weight is 195 g/mol. The molecular weight excluding hydrogens is 170 g/mol. The Kier molecular flexibility index (Phi) is 3.48. The number of hydrogen-bond donors (Lipinski definition) is 1. The average Bonchev–Trinajstić information content (AvgIpc) is 2.64. The Bertz CT molecular complexity index is 172. The van der Waals surface area contributed by atoms with E-state index in [0.717, 1.165) is 23.9 Å². The van der Waals surface area contributed by atoms with Crippen molar-refractivity contribution in [1.29, 1.82) is 0 Å². The van der Waals surface area contributed by atoms with Crippen LogP contribution >= 0.6 is 0 Å². The monoisotopic (exact) mass is 195 g/mol. The zero-order valence-electron chi connectivity index (χ0n) is 9.76. The molecule has 2 aliphatic carbocycles. The van der Waals surface area contributed by atoms with Crippen LogP contribution in [0.2, 0.25) is 0 Å². The Balaban J connectivity index is 1.75. The summed E-state index contributed by atoms with van der Waals surface area (Å²) in [7, 11) is 0. The molecule has 2 fully saturated rings. The largest absolute Gasteiger partial charge is 0.311 e. The van der Waals surface area contributed by atoms with Crippen LogP contribution in [-0.2, 0) is 0 Å². The third kappa shape index (κ3) is 2.50. The molecule has 0 amide bonds. The van der Waals surface area contributed by atoms with Crippen molar-refractivity contribution in [2.75, 3.05) is 0 Å². The standard InChI is InChI=1S/C13H25N/c1-10-7-8-13(9-11(10)2)14-12-5-3-4-6-12/h10-14H,3-9H2,1-2H3. The lowest BCUT2D eigenvalue weighted by Gasteiger charge is -2.34. The highest BCUT2D eigenvalue weighted by atomic mass is 15.0. The van der Waals surface area contributed by atoms with Crippen LogP contribution in [0.3, 0.4) is 0 Å². The maximum Gasteiger partial charge on any atom is 0.00723 e. The highest BCUT2D eigenvalue weighted by molar-refractivity contribution is 4.84. The Labute approximate surface area is 88.7 Å². The van der Waals surface area contributed by atoms with Gasteiger partial charge < -0.3 is 5.32 Å². The van der Waals surface area contributed by atoms with Crippen molar-refractivity contribution < 1.29 is 0 Å². The Morgan fingerprint density at radius 1 is 0.786 bits per heavy atom. The summed E-state index contributed by atoms with van der Waals surface area (Å²) in [5, 5.41) is 3.87. The minimum Gasteiger partial charge on any atom is -0.311 e. The molecule has 1 nitrogen and oxygen atoms in total. The third-order valence-corrected chi connectivity index (χ3v) is 4.42. The fourth-order valence-corrected chi connectivity index (χ4v) is 3.12. The molecule has 2 rings (SSSR count). The summed E-state index contributed by atoms with van der Waals surface area (Å²) in [6.45, 7) is 4.84. The Morgan fingerprint density at radius 2 is 1.50 bits per heavy atom. The molecule has 2 aliphatic rings. The van der Waals surface area contributed by atoms with E-state index in [2.05, 4.69) is 19.2 Å². The first-order chi connectivity index (χ1) is 6.75. The number of hydrogen-bond acceptors (Lipinski definition) is 1. The van der Waals surface area contributed by atoms with Gasteiger partial charge in [0.2, 0.25) is 0 Å². The molecule has 0 spiro atoms. The van der Waals surface area contributed by atoms with Crippen molar-refractivity contribution in [3.05, 3.63) is 0 Å². The first-order valence-electron chi connectivity index (χ1n) is 6.51. The second-order valence-corrected chi connectivity index (χ2v) is 5.61. The third-order valence-electron chi connectivity index (χ3n) is 4.42. The molecule has 82 valence electrons. The van der Waals surface area contributed by atoms with E-state index >= 15 is 0 Å². The highest BCUT2D eigenvalue weighted by Crippen LogP contribution is 2.30. The predicted molar refractivity (Wildman–Crippen MR) is 61.4 cm³/mol. The minimum absolute atomic E-state index is 0.837. The summed E-state index contributed by atoms with van der Waals surface area (Å²) < 4.78 is 0. The van der Waals surface area contributed by atoms with Gasteiger partial charge in [-0.2, -0.15) is 0 Å². The molecule has 0 radical (unpaired) electrons. The van der Waals surface area contributed by atoms with Gasteiger partial charge in [-0.05, 0) is 43.9 Å². The molecule has 14 heavy (non-hydrogen) atoms. The van der Waals surface area contributed by atoms with Gasteiger partial charge in [-0.3, -0.25) is 0 Å². The van der Waals surface area contributed by atoms with Gasteiger partial charge >= 0.3 is 0 Å². The predicted octanol–water partition coefficient (Wildman–Crippen LogP) is 3.34. The van der Waals surface area contributed by atoms with Crippen molar-refractivity contribution >= 4 is 0 Å². The van der Waals surface area contributed by atoms with Crippen molar-refractivity contribution in [3.8, 4) is 0 Å². The zero-order chi connectivity index (χ0) is 9.97. The maximum absolute atomic E-state index is 3.87. The van der Waals surface area contributed by atoms with Crippen molar-refractivity contribution in [1.82, 2.24) is 5.32 Å². The van der Waals surface area contributed by atoms with E-state index in [9.17, 15) is 0 Å². The van der Waals surface area contributed by atoms with E-state index in [-0.39, 0.29) is 0 Å². The van der Waals surface area contributed by atoms with E-state index in [1.165, 1.54) is 44.9 Å². The van der Waals surface area contributed by atoms with E-state index in [1.807, 2.05) is 0 Å². The maximum atomic E-state index is 3.87. The minimum atomic E-state index is 0.837. The smallest absolute Gasteiger partial charge is 0.00723 e. The topological polar surface area (TPSA) is 12.0 Å². The van der Waals surface area contributed by atoms with Crippen LogP contribution in [0.25, 0.3) is 0 Å². The SMILES string of the molecule is CC1CCC(NC2CCCC2)CC1C. The number of nitrogens with one attached hydrogen (secondary N) is 1. The molecule has 0 bridgehead atoms. The van der Waals surface area contributed by atoms with Crippen LogP contribution < -0.4 is 5.32 Å². The van der Waals surface area contributed by atoms with Crippen LogP contribution in [0.15, 0.2) is 0 Å². The highest BCUT2D eigenvalue weighted by Gasteiger charge is 2.26. The molecule has 0 aliphatic heterocycles. The van der Waals surface area contributed by atoms with Crippen molar-refractivity contribution in [2.24, 2.45) is 11.8 Å². The molecule has 2 saturated carbocycles. The van der Waals surface area contributed by atoms with E-state index in [0.29, 0.717) is 0 Å². The van der Waals surface area contributed by atoms with Crippen molar-refractivity contribution in [2.45, 2.75) is 70.9 Å². The second-order valence-electron chi connectivity index (χ2n) is 5.61. The van der Waals surface area contributed by atoms with Crippen LogP contribution in [0, 0.1) is 11.8 Å². The van der Waals surface area contributed by atoms with Gasteiger partial charge in [-0.1, -0.05) is 26.7 Å². The lowest BCUT2D eigenvalue weighted by molar-refractivity contribution is 0.215. The van der Waals surface area contributed by atoms with Crippen LogP contribution in [0.5, 0.6) is 0 Å². The molecule has 3 unspecified atom stereocenters. The summed E-state index contributed by atoms with van der Waals surface area (Å²) in [5.74, 6) is 1.89. The summed E-state index contributed by atoms with van der Waals surface area (Å²) in [4.78, 5) is 0. The first-order valence-corrected chi connectivity index (χ1v) is 6.51. The van der Waals surface area contributed by atoms with Crippen LogP contribution in [0.4, 0.5) is 0 Å². The fourth-order valence-electron chi connectivity index (χ4n) is 3.12. The van der Waals surface area contributed by atoms with Crippen LogP contribution in [0.1, 0.15) is 58.8 Å². The van der Waals surface area contributed by atoms with E-state index < -0.39 is 0 Å².